The van der Waals surface area contributed by atoms with E-state index >= 15 is 0 Å². The number of hydrogen-bond donors (Lipinski definition) is 1. The van der Waals surface area contributed by atoms with Gasteiger partial charge in [0.2, 0.25) is 0 Å². The van der Waals surface area contributed by atoms with Gasteiger partial charge in [0.15, 0.2) is 0 Å². The molecule has 2 saturated carbocycles. The van der Waals surface area contributed by atoms with Crippen LogP contribution in [-0.4, -0.2) is 12.1 Å². The van der Waals surface area contributed by atoms with E-state index in [0.717, 1.165) is 11.8 Å². The highest BCUT2D eigenvalue weighted by molar-refractivity contribution is 5.04. The van der Waals surface area contributed by atoms with Gasteiger partial charge < -0.3 is 5.32 Å². The topological polar surface area (TPSA) is 12.0 Å². The first-order chi connectivity index (χ1) is 8.09. The second-order valence-corrected chi connectivity index (χ2v) is 9.33. The van der Waals surface area contributed by atoms with Crippen LogP contribution >= 0.6 is 0 Å². The van der Waals surface area contributed by atoms with Gasteiger partial charge >= 0.3 is 0 Å². The van der Waals surface area contributed by atoms with Crippen LogP contribution in [0.3, 0.4) is 0 Å². The van der Waals surface area contributed by atoms with Gasteiger partial charge in [-0.15, -0.1) is 0 Å². The van der Waals surface area contributed by atoms with Crippen molar-refractivity contribution < 1.29 is 0 Å². The highest BCUT2D eigenvalue weighted by atomic mass is 15.0. The zero-order valence-electron chi connectivity index (χ0n) is 13.4. The Labute approximate surface area is 114 Å². The van der Waals surface area contributed by atoms with Crippen molar-refractivity contribution in [2.45, 2.75) is 79.2 Å². The summed E-state index contributed by atoms with van der Waals surface area (Å²) in [6.07, 6.45) is 7.32. The number of rotatable bonds is 4. The molecule has 0 saturated heterocycles. The minimum Gasteiger partial charge on any atom is -0.312 e. The fourth-order valence-electron chi connectivity index (χ4n) is 3.54. The minimum absolute atomic E-state index is 0.265. The lowest BCUT2D eigenvalue weighted by molar-refractivity contribution is 0.176. The highest BCUT2D eigenvalue weighted by Gasteiger charge is 2.53. The van der Waals surface area contributed by atoms with Crippen molar-refractivity contribution >= 4 is 0 Å². The predicted octanol–water partition coefficient (Wildman–Crippen LogP) is 4.62. The Morgan fingerprint density at radius 2 is 1.56 bits per heavy atom. The van der Waals surface area contributed by atoms with Crippen molar-refractivity contribution in [3.8, 4) is 0 Å². The van der Waals surface area contributed by atoms with E-state index in [2.05, 4.69) is 46.9 Å². The molecule has 2 aliphatic carbocycles. The Kier molecular flexibility index (Phi) is 3.60. The molecule has 0 aliphatic heterocycles. The molecule has 2 unspecified atom stereocenters. The predicted molar refractivity (Wildman–Crippen MR) is 79.7 cm³/mol. The Morgan fingerprint density at radius 3 is 2.00 bits per heavy atom. The lowest BCUT2D eigenvalue weighted by Crippen LogP contribution is -2.43. The molecule has 1 nitrogen and oxygen atoms in total. The van der Waals surface area contributed by atoms with E-state index in [9.17, 15) is 0 Å². The van der Waals surface area contributed by atoms with Crippen LogP contribution in [0.25, 0.3) is 0 Å². The van der Waals surface area contributed by atoms with Crippen LogP contribution in [0.15, 0.2) is 0 Å². The molecule has 1 heteroatoms. The number of fused-ring (bicyclic) bond motifs is 1. The first-order valence-electron chi connectivity index (χ1n) is 7.84. The van der Waals surface area contributed by atoms with Gasteiger partial charge in [0.1, 0.15) is 0 Å². The third-order valence-corrected chi connectivity index (χ3v) is 4.86. The van der Waals surface area contributed by atoms with Crippen molar-refractivity contribution in [1.82, 2.24) is 5.32 Å². The van der Waals surface area contributed by atoms with E-state index in [-0.39, 0.29) is 5.54 Å². The second kappa shape index (κ2) is 4.51. The summed E-state index contributed by atoms with van der Waals surface area (Å²) in [4.78, 5) is 0. The average Bonchev–Trinajstić information content (AvgIpc) is 2.80. The molecular formula is C17H33N. The summed E-state index contributed by atoms with van der Waals surface area (Å²) in [5.41, 5.74) is 1.37. The van der Waals surface area contributed by atoms with Crippen LogP contribution in [0.1, 0.15) is 73.6 Å². The summed E-state index contributed by atoms with van der Waals surface area (Å²) in [6, 6.07) is 0. The van der Waals surface area contributed by atoms with Crippen molar-refractivity contribution in [2.24, 2.45) is 22.7 Å². The van der Waals surface area contributed by atoms with Gasteiger partial charge in [-0.25, -0.2) is 0 Å². The maximum atomic E-state index is 3.78. The van der Waals surface area contributed by atoms with Crippen LogP contribution in [0.4, 0.5) is 0 Å². The van der Waals surface area contributed by atoms with Crippen molar-refractivity contribution in [1.29, 1.82) is 0 Å². The van der Waals surface area contributed by atoms with Crippen molar-refractivity contribution in [3.63, 3.8) is 0 Å². The molecule has 2 fully saturated rings. The summed E-state index contributed by atoms with van der Waals surface area (Å²) >= 11 is 0. The lowest BCUT2D eigenvalue weighted by Gasteiger charge is -2.37. The van der Waals surface area contributed by atoms with E-state index in [4.69, 9.17) is 0 Å². The molecule has 106 valence electrons. The monoisotopic (exact) mass is 251 g/mol. The Balaban J connectivity index is 1.92. The fourth-order valence-corrected chi connectivity index (χ4v) is 3.54. The Morgan fingerprint density at radius 1 is 1.00 bits per heavy atom. The van der Waals surface area contributed by atoms with Crippen molar-refractivity contribution in [3.05, 3.63) is 0 Å². The summed E-state index contributed by atoms with van der Waals surface area (Å²) < 4.78 is 0. The molecule has 2 atom stereocenters. The van der Waals surface area contributed by atoms with E-state index in [0.29, 0.717) is 10.8 Å². The van der Waals surface area contributed by atoms with Gasteiger partial charge in [-0.2, -0.15) is 0 Å². The van der Waals surface area contributed by atoms with E-state index in [1.54, 1.807) is 0 Å². The van der Waals surface area contributed by atoms with Crippen LogP contribution in [0.5, 0.6) is 0 Å². The molecule has 0 aromatic carbocycles. The number of hydrogen-bond acceptors (Lipinski definition) is 1. The van der Waals surface area contributed by atoms with Gasteiger partial charge in [-0.3, -0.25) is 0 Å². The molecule has 0 aromatic heterocycles. The van der Waals surface area contributed by atoms with Gasteiger partial charge in [-0.05, 0) is 75.5 Å². The Hall–Kier alpha value is -0.0400. The summed E-state index contributed by atoms with van der Waals surface area (Å²) in [5, 5.41) is 3.78. The maximum Gasteiger partial charge on any atom is 0.00967 e. The molecule has 1 N–H and O–H groups in total. The lowest BCUT2D eigenvalue weighted by atomic mass is 9.74. The third kappa shape index (κ3) is 3.98. The van der Waals surface area contributed by atoms with Crippen LogP contribution in [-0.2, 0) is 0 Å². The summed E-state index contributed by atoms with van der Waals surface area (Å²) in [6.45, 7) is 15.3. The highest BCUT2D eigenvalue weighted by Crippen LogP contribution is 2.61. The number of nitrogens with one attached hydrogen (secondary N) is 1. The van der Waals surface area contributed by atoms with Gasteiger partial charge in [0, 0.05) is 12.1 Å². The average molecular weight is 251 g/mol. The summed E-state index contributed by atoms with van der Waals surface area (Å²) in [7, 11) is 0. The molecule has 0 aromatic rings. The van der Waals surface area contributed by atoms with Crippen LogP contribution in [0.2, 0.25) is 0 Å². The first-order valence-corrected chi connectivity index (χ1v) is 7.84. The van der Waals surface area contributed by atoms with Gasteiger partial charge in [0.25, 0.3) is 0 Å². The molecular weight excluding hydrogens is 218 g/mol. The quantitative estimate of drug-likeness (QED) is 0.769. The fraction of sp³-hybridized carbons (Fsp3) is 1.00. The van der Waals surface area contributed by atoms with Gasteiger partial charge in [0.05, 0.1) is 0 Å². The second-order valence-electron chi connectivity index (χ2n) is 9.33. The first kappa shape index (κ1) is 14.4. The van der Waals surface area contributed by atoms with E-state index in [1.807, 2.05) is 0 Å². The van der Waals surface area contributed by atoms with Crippen molar-refractivity contribution in [2.75, 3.05) is 6.54 Å². The Bertz CT molecular complexity index is 262. The normalized spacial score (nSPS) is 35.7. The summed E-state index contributed by atoms with van der Waals surface area (Å²) in [5.74, 6) is 2.18. The third-order valence-electron chi connectivity index (χ3n) is 4.86. The minimum atomic E-state index is 0.265. The largest absolute Gasteiger partial charge is 0.312 e. The molecule has 2 aliphatic rings. The molecule has 0 radical (unpaired) electrons. The van der Waals surface area contributed by atoms with E-state index in [1.165, 1.54) is 38.6 Å². The van der Waals surface area contributed by atoms with Crippen LogP contribution < -0.4 is 5.32 Å². The molecule has 0 amide bonds. The standard InChI is InChI=1S/C17H33N/c1-15(2,3)7-8-17(12-18-16(4,5)6)10-13-9-14(13)11-17/h13-14,18H,7-12H2,1-6H3. The van der Waals surface area contributed by atoms with Gasteiger partial charge in [-0.1, -0.05) is 20.8 Å². The SMILES string of the molecule is CC(C)(C)CCC1(CNC(C)(C)C)CC2CC2C1. The zero-order valence-corrected chi connectivity index (χ0v) is 13.4. The molecule has 18 heavy (non-hydrogen) atoms. The van der Waals surface area contributed by atoms with E-state index < -0.39 is 0 Å². The molecule has 0 bridgehead atoms. The maximum absolute atomic E-state index is 3.78. The molecule has 0 spiro atoms. The smallest absolute Gasteiger partial charge is 0.00967 e. The van der Waals surface area contributed by atoms with Crippen LogP contribution in [0, 0.1) is 22.7 Å². The molecule has 0 heterocycles. The zero-order chi connectivity index (χ0) is 13.6. The molecule has 2 rings (SSSR count).